The van der Waals surface area contributed by atoms with Crippen molar-refractivity contribution < 1.29 is 28.0 Å². The summed E-state index contributed by atoms with van der Waals surface area (Å²) in [5.74, 6) is -4.60. The van der Waals surface area contributed by atoms with Gasteiger partial charge in [-0.25, -0.2) is 8.78 Å². The van der Waals surface area contributed by atoms with Crippen LogP contribution in [-0.4, -0.2) is 52.2 Å². The first-order chi connectivity index (χ1) is 14.9. The van der Waals surface area contributed by atoms with Gasteiger partial charge in [0.25, 0.3) is 5.91 Å². The number of hydrogen-bond acceptors (Lipinski definition) is 5. The molecule has 0 spiro atoms. The lowest BCUT2D eigenvalue weighted by molar-refractivity contribution is -0.145. The minimum absolute atomic E-state index is 0.0101. The van der Waals surface area contributed by atoms with Gasteiger partial charge in [0, 0.05) is 36.8 Å². The number of aromatic nitrogens is 1. The molecule has 2 atom stereocenters. The number of nitrogens with zero attached hydrogens (tertiary/aromatic N) is 2. The smallest absolute Gasteiger partial charge is 0.309 e. The second-order valence-corrected chi connectivity index (χ2v) is 8.28. The number of carbonyl (C=O) groups is 2. The van der Waals surface area contributed by atoms with Gasteiger partial charge >= 0.3 is 5.97 Å². The molecule has 2 N–H and O–H groups in total. The summed E-state index contributed by atoms with van der Waals surface area (Å²) < 4.78 is 32.4. The molecule has 1 saturated carbocycles. The van der Waals surface area contributed by atoms with Gasteiger partial charge < -0.3 is 14.9 Å². The van der Waals surface area contributed by atoms with Crippen LogP contribution in [0, 0.1) is 17.6 Å². The van der Waals surface area contributed by atoms with Crippen molar-refractivity contribution in [2.75, 3.05) is 13.1 Å². The van der Waals surface area contributed by atoms with Crippen LogP contribution in [0.2, 0.25) is 0 Å². The molecular formula is C22H25F2N3O4. The summed E-state index contributed by atoms with van der Waals surface area (Å²) in [5.41, 5.74) is -0.129. The van der Waals surface area contributed by atoms with Gasteiger partial charge in [-0.05, 0) is 31.4 Å². The molecule has 7 nitrogen and oxygen atoms in total. The first kappa shape index (κ1) is 21.4. The molecule has 2 aliphatic rings. The molecule has 1 saturated heterocycles. The van der Waals surface area contributed by atoms with E-state index in [-0.39, 0.29) is 17.0 Å². The zero-order valence-corrected chi connectivity index (χ0v) is 17.0. The van der Waals surface area contributed by atoms with E-state index in [2.05, 4.69) is 15.4 Å². The number of benzene rings is 1. The van der Waals surface area contributed by atoms with Crippen molar-refractivity contribution in [3.8, 4) is 11.3 Å². The number of carbonyl (C=O) groups excluding carboxylic acids is 1. The van der Waals surface area contributed by atoms with E-state index in [1.165, 1.54) is 37.5 Å². The normalized spacial score (nSPS) is 22.9. The Kier molecular flexibility index (Phi) is 6.31. The third kappa shape index (κ3) is 4.61. The number of amides is 1. The van der Waals surface area contributed by atoms with E-state index < -0.39 is 35.5 Å². The van der Waals surface area contributed by atoms with Crippen LogP contribution in [0.3, 0.4) is 0 Å². The lowest BCUT2D eigenvalue weighted by Gasteiger charge is -2.42. The predicted octanol–water partition coefficient (Wildman–Crippen LogP) is 3.46. The number of likely N-dealkylation sites (tertiary alicyclic amines) is 1. The number of carboxylic acid groups (broad SMARTS) is 1. The summed E-state index contributed by atoms with van der Waals surface area (Å²) in [5, 5.41) is 16.1. The zero-order chi connectivity index (χ0) is 22.0. The van der Waals surface area contributed by atoms with E-state index in [0.29, 0.717) is 19.0 Å². The first-order valence-electron chi connectivity index (χ1n) is 10.6. The van der Waals surface area contributed by atoms with Crippen LogP contribution in [0.4, 0.5) is 8.78 Å². The van der Waals surface area contributed by atoms with Gasteiger partial charge in [0.15, 0.2) is 11.6 Å². The molecule has 31 heavy (non-hydrogen) atoms. The van der Waals surface area contributed by atoms with Crippen LogP contribution in [0.15, 0.2) is 28.8 Å². The SMILES string of the molecule is O=C(N[C@H]1CCN(C2CCCCC2)C[C@@H]1C(=O)O)c1cc(-c2cccc(F)c2F)no1. The van der Waals surface area contributed by atoms with Gasteiger partial charge in [-0.15, -0.1) is 0 Å². The molecule has 0 bridgehead atoms. The molecule has 2 aromatic rings. The molecule has 2 fully saturated rings. The summed E-state index contributed by atoms with van der Waals surface area (Å²) in [6.45, 7) is 1.11. The molecule has 1 aliphatic carbocycles. The highest BCUT2D eigenvalue weighted by atomic mass is 19.2. The lowest BCUT2D eigenvalue weighted by atomic mass is 9.87. The molecule has 166 valence electrons. The van der Waals surface area contributed by atoms with Crippen LogP contribution in [0.1, 0.15) is 49.1 Å². The quantitative estimate of drug-likeness (QED) is 0.750. The third-order valence-electron chi connectivity index (χ3n) is 6.33. The average Bonchev–Trinajstić information content (AvgIpc) is 3.26. The van der Waals surface area contributed by atoms with Gasteiger partial charge in [0.1, 0.15) is 5.69 Å². The summed E-state index contributed by atoms with van der Waals surface area (Å²) in [6.07, 6.45) is 6.24. The maximum Gasteiger partial charge on any atom is 0.309 e. The number of nitrogens with one attached hydrogen (secondary N) is 1. The van der Waals surface area contributed by atoms with E-state index in [9.17, 15) is 23.5 Å². The molecule has 1 amide bonds. The van der Waals surface area contributed by atoms with Crippen LogP contribution in [-0.2, 0) is 4.79 Å². The van der Waals surface area contributed by atoms with Crippen molar-refractivity contribution in [2.45, 2.75) is 50.6 Å². The van der Waals surface area contributed by atoms with E-state index in [4.69, 9.17) is 4.52 Å². The molecule has 0 radical (unpaired) electrons. The second kappa shape index (κ2) is 9.13. The number of piperidine rings is 1. The highest BCUT2D eigenvalue weighted by molar-refractivity contribution is 5.93. The Labute approximate surface area is 178 Å². The number of rotatable bonds is 5. The van der Waals surface area contributed by atoms with E-state index in [1.807, 2.05) is 0 Å². The summed E-state index contributed by atoms with van der Waals surface area (Å²) in [6, 6.07) is 4.73. The van der Waals surface area contributed by atoms with Crippen molar-refractivity contribution in [3.05, 3.63) is 41.7 Å². The van der Waals surface area contributed by atoms with Crippen LogP contribution in [0.25, 0.3) is 11.3 Å². The standard InChI is InChI=1S/C22H25F2N3O4/c23-16-8-4-7-14(20(16)24)18-11-19(31-26-18)21(28)25-17-9-10-27(12-15(17)22(29)30)13-5-2-1-3-6-13/h4,7-8,11,13,15,17H,1-3,5-6,9-10,12H2,(H,25,28)(H,29,30)/t15-,17-/m0/s1. The van der Waals surface area contributed by atoms with E-state index >= 15 is 0 Å². The van der Waals surface area contributed by atoms with Crippen molar-refractivity contribution >= 4 is 11.9 Å². The third-order valence-corrected chi connectivity index (χ3v) is 6.33. The lowest BCUT2D eigenvalue weighted by Crippen LogP contribution is -2.56. The maximum absolute atomic E-state index is 14.0. The number of aliphatic carboxylic acids is 1. The fourth-order valence-electron chi connectivity index (χ4n) is 4.63. The molecule has 4 rings (SSSR count). The van der Waals surface area contributed by atoms with Gasteiger partial charge in [-0.2, -0.15) is 0 Å². The Morgan fingerprint density at radius 3 is 2.68 bits per heavy atom. The maximum atomic E-state index is 14.0. The van der Waals surface area contributed by atoms with Crippen molar-refractivity contribution in [1.82, 2.24) is 15.4 Å². The Balaban J connectivity index is 1.43. The fraction of sp³-hybridized carbons (Fsp3) is 0.500. The molecule has 0 unspecified atom stereocenters. The monoisotopic (exact) mass is 433 g/mol. The van der Waals surface area contributed by atoms with Crippen LogP contribution >= 0.6 is 0 Å². The molecule has 2 heterocycles. The summed E-state index contributed by atoms with van der Waals surface area (Å²) in [4.78, 5) is 26.8. The van der Waals surface area contributed by atoms with Gasteiger partial charge in [-0.3, -0.25) is 14.5 Å². The molecular weight excluding hydrogens is 408 g/mol. The highest BCUT2D eigenvalue weighted by Gasteiger charge is 2.38. The van der Waals surface area contributed by atoms with Crippen LogP contribution in [0.5, 0.6) is 0 Å². The zero-order valence-electron chi connectivity index (χ0n) is 17.0. The molecule has 9 heteroatoms. The Hall–Kier alpha value is -2.81. The van der Waals surface area contributed by atoms with E-state index in [1.54, 1.807) is 0 Å². The number of hydrogen-bond donors (Lipinski definition) is 2. The summed E-state index contributed by atoms with van der Waals surface area (Å²) in [7, 11) is 0. The number of halogens is 2. The van der Waals surface area contributed by atoms with E-state index in [0.717, 1.165) is 25.5 Å². The van der Waals surface area contributed by atoms with Gasteiger partial charge in [-0.1, -0.05) is 30.5 Å². The Morgan fingerprint density at radius 1 is 1.16 bits per heavy atom. The van der Waals surface area contributed by atoms with Gasteiger partial charge in [0.05, 0.1) is 5.92 Å². The highest BCUT2D eigenvalue weighted by Crippen LogP contribution is 2.28. The summed E-state index contributed by atoms with van der Waals surface area (Å²) >= 11 is 0. The largest absolute Gasteiger partial charge is 0.481 e. The minimum Gasteiger partial charge on any atom is -0.481 e. The van der Waals surface area contributed by atoms with Gasteiger partial charge in [0.2, 0.25) is 5.76 Å². The molecule has 1 aromatic heterocycles. The number of carboxylic acids is 1. The average molecular weight is 433 g/mol. The Bertz CT molecular complexity index is 958. The fourth-order valence-corrected chi connectivity index (χ4v) is 4.63. The first-order valence-corrected chi connectivity index (χ1v) is 10.6. The van der Waals surface area contributed by atoms with Crippen molar-refractivity contribution in [3.63, 3.8) is 0 Å². The Morgan fingerprint density at radius 2 is 1.94 bits per heavy atom. The molecule has 1 aromatic carbocycles. The topological polar surface area (TPSA) is 95.7 Å². The molecule has 1 aliphatic heterocycles. The minimum atomic E-state index is -1.08. The van der Waals surface area contributed by atoms with Crippen molar-refractivity contribution in [1.29, 1.82) is 0 Å². The second-order valence-electron chi connectivity index (χ2n) is 8.28. The van der Waals surface area contributed by atoms with Crippen LogP contribution < -0.4 is 5.32 Å². The predicted molar refractivity (Wildman–Crippen MR) is 107 cm³/mol. The van der Waals surface area contributed by atoms with Crippen molar-refractivity contribution in [2.24, 2.45) is 5.92 Å².